The first-order valence-electron chi connectivity index (χ1n) is 6.31. The molecule has 1 unspecified atom stereocenters. The fraction of sp³-hybridized carbons (Fsp3) is 0.357. The van der Waals surface area contributed by atoms with Crippen LogP contribution in [0.3, 0.4) is 0 Å². The Hall–Kier alpha value is -2.37. The van der Waals surface area contributed by atoms with E-state index in [0.717, 1.165) is 0 Å². The molecule has 0 aliphatic carbocycles. The quantitative estimate of drug-likeness (QED) is 0.558. The van der Waals surface area contributed by atoms with E-state index in [1.54, 1.807) is 19.1 Å². The van der Waals surface area contributed by atoms with E-state index in [4.69, 9.17) is 5.73 Å². The average molecular weight is 277 g/mol. The van der Waals surface area contributed by atoms with Crippen LogP contribution in [-0.2, 0) is 14.4 Å². The summed E-state index contributed by atoms with van der Waals surface area (Å²) in [5.74, 6) is -0.947. The standard InChI is InChI=1S/C12H15N3O3.C2H4/c1-2-8(13)7-5-6-15(12(7)18)9-3-4-10(16)14-11(9)17;1-2/h2,5,9H,3-4,6,13H2,1H3,(H,14,16,17);1-2H2/b8-2+;. The molecule has 0 bridgehead atoms. The normalized spacial score (nSPS) is 22.9. The molecule has 2 aliphatic heterocycles. The molecule has 2 aliphatic rings. The predicted octanol–water partition coefficient (Wildman–Crippen LogP) is 0.225. The van der Waals surface area contributed by atoms with Crippen molar-refractivity contribution >= 4 is 17.7 Å². The summed E-state index contributed by atoms with van der Waals surface area (Å²) in [7, 11) is 0. The van der Waals surface area contributed by atoms with E-state index in [1.165, 1.54) is 4.90 Å². The average Bonchev–Trinajstić information content (AvgIpc) is 2.82. The van der Waals surface area contributed by atoms with Crippen molar-refractivity contribution in [2.45, 2.75) is 25.8 Å². The SMILES string of the molecule is C/C=C(/N)C1=CCN(C2CCC(=O)NC2=O)C1=O.C=C. The molecule has 1 atom stereocenters. The molecule has 1 fully saturated rings. The maximum atomic E-state index is 12.1. The van der Waals surface area contributed by atoms with Gasteiger partial charge in [-0.3, -0.25) is 19.7 Å². The molecule has 0 radical (unpaired) electrons. The van der Waals surface area contributed by atoms with Crippen LogP contribution < -0.4 is 11.1 Å². The highest BCUT2D eigenvalue weighted by Crippen LogP contribution is 2.22. The molecular formula is C14H19N3O3. The van der Waals surface area contributed by atoms with Gasteiger partial charge in [0.15, 0.2) is 0 Å². The summed E-state index contributed by atoms with van der Waals surface area (Å²) in [5.41, 5.74) is 6.55. The molecular weight excluding hydrogens is 258 g/mol. The van der Waals surface area contributed by atoms with Crippen LogP contribution in [0.1, 0.15) is 19.8 Å². The first kappa shape index (κ1) is 15.7. The van der Waals surface area contributed by atoms with Gasteiger partial charge in [-0.1, -0.05) is 12.2 Å². The zero-order valence-corrected chi connectivity index (χ0v) is 11.5. The number of hydrogen-bond acceptors (Lipinski definition) is 4. The first-order chi connectivity index (χ1) is 9.54. The minimum atomic E-state index is -0.575. The molecule has 20 heavy (non-hydrogen) atoms. The summed E-state index contributed by atoms with van der Waals surface area (Å²) < 4.78 is 0. The minimum Gasteiger partial charge on any atom is -0.398 e. The summed E-state index contributed by atoms with van der Waals surface area (Å²) in [6.07, 6.45) is 3.99. The van der Waals surface area contributed by atoms with Gasteiger partial charge in [-0.15, -0.1) is 13.2 Å². The van der Waals surface area contributed by atoms with Gasteiger partial charge in [0, 0.05) is 18.7 Å². The Balaban J connectivity index is 0.000000956. The number of amides is 3. The Bertz CT molecular complexity index is 494. The predicted molar refractivity (Wildman–Crippen MR) is 75.2 cm³/mol. The second-order valence-electron chi connectivity index (χ2n) is 4.29. The van der Waals surface area contributed by atoms with Crippen LogP contribution in [0, 0.1) is 0 Å². The summed E-state index contributed by atoms with van der Waals surface area (Å²) in [5, 5.41) is 2.24. The summed E-state index contributed by atoms with van der Waals surface area (Å²) in [4.78, 5) is 36.3. The second-order valence-corrected chi connectivity index (χ2v) is 4.29. The number of allylic oxidation sites excluding steroid dienone is 1. The van der Waals surface area contributed by atoms with Crippen molar-refractivity contribution in [2.24, 2.45) is 5.73 Å². The lowest BCUT2D eigenvalue weighted by molar-refractivity contribution is -0.142. The van der Waals surface area contributed by atoms with Crippen molar-refractivity contribution < 1.29 is 14.4 Å². The van der Waals surface area contributed by atoms with Crippen LogP contribution in [0.4, 0.5) is 0 Å². The van der Waals surface area contributed by atoms with Gasteiger partial charge in [0.25, 0.3) is 5.91 Å². The van der Waals surface area contributed by atoms with Crippen molar-refractivity contribution in [3.05, 3.63) is 36.6 Å². The van der Waals surface area contributed by atoms with Crippen LogP contribution in [0.2, 0.25) is 0 Å². The number of hydrogen-bond donors (Lipinski definition) is 2. The largest absolute Gasteiger partial charge is 0.398 e. The van der Waals surface area contributed by atoms with Crippen molar-refractivity contribution in [3.63, 3.8) is 0 Å². The molecule has 0 aromatic heterocycles. The highest BCUT2D eigenvalue weighted by Gasteiger charge is 2.37. The van der Waals surface area contributed by atoms with Crippen LogP contribution >= 0.6 is 0 Å². The molecule has 3 amide bonds. The number of imide groups is 1. The Labute approximate surface area is 118 Å². The summed E-state index contributed by atoms with van der Waals surface area (Å²) in [6, 6.07) is -0.575. The number of piperidine rings is 1. The first-order valence-corrected chi connectivity index (χ1v) is 6.31. The molecule has 0 saturated carbocycles. The molecule has 2 rings (SSSR count). The van der Waals surface area contributed by atoms with Gasteiger partial charge < -0.3 is 10.6 Å². The number of carbonyl (C=O) groups excluding carboxylic acids is 3. The summed E-state index contributed by atoms with van der Waals surface area (Å²) in [6.45, 7) is 8.10. The van der Waals surface area contributed by atoms with Crippen LogP contribution in [0.25, 0.3) is 0 Å². The highest BCUT2D eigenvalue weighted by atomic mass is 16.2. The fourth-order valence-electron chi connectivity index (χ4n) is 2.16. The lowest BCUT2D eigenvalue weighted by atomic mass is 10.0. The number of carbonyl (C=O) groups is 3. The third-order valence-electron chi connectivity index (χ3n) is 3.19. The smallest absolute Gasteiger partial charge is 0.256 e. The van der Waals surface area contributed by atoms with Gasteiger partial charge in [-0.05, 0) is 13.3 Å². The minimum absolute atomic E-state index is 0.250. The molecule has 6 nitrogen and oxygen atoms in total. The van der Waals surface area contributed by atoms with Gasteiger partial charge in [0.05, 0.1) is 5.57 Å². The summed E-state index contributed by atoms with van der Waals surface area (Å²) >= 11 is 0. The zero-order valence-electron chi connectivity index (χ0n) is 11.5. The number of nitrogens with two attached hydrogens (primary N) is 1. The lowest BCUT2D eigenvalue weighted by Crippen LogP contribution is -2.53. The van der Waals surface area contributed by atoms with E-state index in [9.17, 15) is 14.4 Å². The van der Waals surface area contributed by atoms with Gasteiger partial charge in [-0.25, -0.2) is 0 Å². The van der Waals surface area contributed by atoms with Gasteiger partial charge in [0.2, 0.25) is 11.8 Å². The molecule has 2 heterocycles. The molecule has 0 aromatic rings. The Morgan fingerprint density at radius 2 is 2.10 bits per heavy atom. The second kappa shape index (κ2) is 6.70. The van der Waals surface area contributed by atoms with Gasteiger partial charge in [0.1, 0.15) is 6.04 Å². The Kier molecular flexibility index (Phi) is 5.25. The zero-order chi connectivity index (χ0) is 15.3. The third-order valence-corrected chi connectivity index (χ3v) is 3.19. The van der Waals surface area contributed by atoms with Crippen LogP contribution in [0.15, 0.2) is 36.6 Å². The van der Waals surface area contributed by atoms with E-state index in [1.807, 2.05) is 0 Å². The number of rotatable bonds is 2. The van der Waals surface area contributed by atoms with Gasteiger partial charge >= 0.3 is 0 Å². The van der Waals surface area contributed by atoms with Crippen molar-refractivity contribution in [1.82, 2.24) is 10.2 Å². The van der Waals surface area contributed by atoms with Crippen molar-refractivity contribution in [2.75, 3.05) is 6.54 Å². The van der Waals surface area contributed by atoms with E-state index in [2.05, 4.69) is 18.5 Å². The molecule has 108 valence electrons. The van der Waals surface area contributed by atoms with Crippen molar-refractivity contribution in [3.8, 4) is 0 Å². The third kappa shape index (κ3) is 2.96. The maximum Gasteiger partial charge on any atom is 0.256 e. The van der Waals surface area contributed by atoms with Crippen LogP contribution in [0.5, 0.6) is 0 Å². The molecule has 6 heteroatoms. The van der Waals surface area contributed by atoms with E-state index < -0.39 is 11.9 Å². The van der Waals surface area contributed by atoms with Crippen molar-refractivity contribution in [1.29, 1.82) is 0 Å². The fourth-order valence-corrected chi connectivity index (χ4v) is 2.16. The topological polar surface area (TPSA) is 92.5 Å². The monoisotopic (exact) mass is 277 g/mol. The highest BCUT2D eigenvalue weighted by molar-refractivity contribution is 6.05. The lowest BCUT2D eigenvalue weighted by Gasteiger charge is -2.29. The molecule has 0 aromatic carbocycles. The molecule has 0 spiro atoms. The van der Waals surface area contributed by atoms with Crippen LogP contribution in [-0.4, -0.2) is 35.2 Å². The Morgan fingerprint density at radius 3 is 2.65 bits per heavy atom. The molecule has 1 saturated heterocycles. The van der Waals surface area contributed by atoms with E-state index in [-0.39, 0.29) is 18.2 Å². The molecule has 3 N–H and O–H groups in total. The van der Waals surface area contributed by atoms with E-state index >= 15 is 0 Å². The number of nitrogens with one attached hydrogen (secondary N) is 1. The maximum absolute atomic E-state index is 12.1. The Morgan fingerprint density at radius 1 is 1.45 bits per heavy atom. The van der Waals surface area contributed by atoms with Gasteiger partial charge in [-0.2, -0.15) is 0 Å². The van der Waals surface area contributed by atoms with E-state index in [0.29, 0.717) is 24.2 Å². The number of nitrogens with zero attached hydrogens (tertiary/aromatic N) is 1.